The summed E-state index contributed by atoms with van der Waals surface area (Å²) in [6.45, 7) is 20.5. The van der Waals surface area contributed by atoms with Crippen molar-refractivity contribution in [2.24, 2.45) is 5.73 Å². The number of hydrogen-bond acceptors (Lipinski definition) is 14. The Morgan fingerprint density at radius 1 is 1.10 bits per heavy atom. The molecule has 3 heterocycles. The van der Waals surface area contributed by atoms with Crippen LogP contribution in [0.1, 0.15) is 59.8 Å². The third kappa shape index (κ3) is 9.05. The molecule has 1 fully saturated rings. The molecule has 2 aliphatic heterocycles. The van der Waals surface area contributed by atoms with Crippen molar-refractivity contribution in [3.63, 3.8) is 0 Å². The molecule has 5 atom stereocenters. The number of hydrogen-bond donors (Lipinski definition) is 1. The monoisotopic (exact) mass is 791 g/mol. The molecule has 0 saturated carbocycles. The fourth-order valence-electron chi connectivity index (χ4n) is 4.92. The maximum absolute atomic E-state index is 14.1. The first-order chi connectivity index (χ1) is 22.0. The molecule has 21 heteroatoms. The van der Waals surface area contributed by atoms with Crippen molar-refractivity contribution >= 4 is 40.1 Å². The van der Waals surface area contributed by atoms with E-state index in [2.05, 4.69) is 4.74 Å². The second kappa shape index (κ2) is 15.4. The summed E-state index contributed by atoms with van der Waals surface area (Å²) in [7, 11) is -13.7. The Balaban J connectivity index is 0.00000867. The van der Waals surface area contributed by atoms with Gasteiger partial charge in [-0.2, -0.15) is 8.42 Å². The van der Waals surface area contributed by atoms with Crippen LogP contribution in [-0.4, -0.2) is 78.0 Å². The zero-order chi connectivity index (χ0) is 37.8. The summed E-state index contributed by atoms with van der Waals surface area (Å²) in [4.78, 5) is 50.7. The fourth-order valence-corrected chi connectivity index (χ4v) is 9.13. The van der Waals surface area contributed by atoms with E-state index in [4.69, 9.17) is 28.0 Å². The molecule has 1 aromatic rings. The van der Waals surface area contributed by atoms with Gasteiger partial charge in [0.05, 0.1) is 31.4 Å². The van der Waals surface area contributed by atoms with Crippen LogP contribution >= 0.6 is 7.60 Å². The number of carbonyl (C=O) groups excluding carboxylic acids is 1. The van der Waals surface area contributed by atoms with Gasteiger partial charge in [0, 0.05) is 18.3 Å². The summed E-state index contributed by atoms with van der Waals surface area (Å²) in [5, 5.41) is 0.205. The van der Waals surface area contributed by atoms with Gasteiger partial charge in [-0.15, -0.1) is 0 Å². The predicted octanol–water partition coefficient (Wildman–Crippen LogP) is 0.257. The molecule has 50 heavy (non-hydrogen) atoms. The minimum absolute atomic E-state index is 0. The standard InChI is InChI=1S/C29H52N3O13PSSi2.Na/c1-19-16-32(25(34)31(23(19)33)14-13-15-41-46(36,37)26(35)40-8)24-22(44-49(11,12)28(5,6)7)29(20(30)18-47(38,39)45-29)21(43-24)17-42-48(9,10)27(2,3)4;/h16,18,21-22,24H,13-15,17,30H2,1-12H3,(H,36,37);/q;+1/p-1/t21-,22+,24-,29-;/m1./s1. The Kier molecular flexibility index (Phi) is 14.0. The Bertz CT molecular complexity index is 1750. The van der Waals surface area contributed by atoms with Crippen LogP contribution in [0.15, 0.2) is 26.9 Å². The average molecular weight is 792 g/mol. The van der Waals surface area contributed by atoms with Crippen molar-refractivity contribution < 1.29 is 79.3 Å². The van der Waals surface area contributed by atoms with Gasteiger partial charge < -0.3 is 33.5 Å². The van der Waals surface area contributed by atoms with E-state index in [1.807, 2.05) is 67.7 Å². The minimum Gasteiger partial charge on any atom is -0.770 e. The molecule has 2 N–H and O–H groups in total. The van der Waals surface area contributed by atoms with Gasteiger partial charge in [-0.05, 0) is 49.6 Å². The Hall–Kier alpha value is -0.936. The molecule has 0 amide bonds. The normalized spacial score (nSPS) is 25.2. The maximum Gasteiger partial charge on any atom is 1.00 e. The van der Waals surface area contributed by atoms with E-state index in [1.54, 1.807) is 0 Å². The molecule has 0 aromatic carbocycles. The van der Waals surface area contributed by atoms with Gasteiger partial charge in [0.15, 0.2) is 28.5 Å². The number of ether oxygens (including phenoxy) is 2. The molecule has 1 unspecified atom stereocenters. The van der Waals surface area contributed by atoms with Crippen molar-refractivity contribution in [1.29, 1.82) is 0 Å². The quantitative estimate of drug-likeness (QED) is 0.130. The molecule has 1 spiro atoms. The third-order valence-electron chi connectivity index (χ3n) is 9.90. The van der Waals surface area contributed by atoms with Gasteiger partial charge in [-0.25, -0.2) is 13.8 Å². The van der Waals surface area contributed by atoms with Crippen LogP contribution in [0.5, 0.6) is 0 Å². The van der Waals surface area contributed by atoms with Crippen molar-refractivity contribution in [3.05, 3.63) is 43.7 Å². The number of nitrogens with two attached hydrogens (primary N) is 1. The predicted molar refractivity (Wildman–Crippen MR) is 184 cm³/mol. The molecule has 1 saturated heterocycles. The van der Waals surface area contributed by atoms with Crippen LogP contribution in [0.3, 0.4) is 0 Å². The van der Waals surface area contributed by atoms with Gasteiger partial charge in [0.1, 0.15) is 12.2 Å². The molecule has 1 aromatic heterocycles. The number of methoxy groups -OCH3 is 1. The maximum atomic E-state index is 14.1. The first-order valence-electron chi connectivity index (χ1n) is 15.8. The van der Waals surface area contributed by atoms with Gasteiger partial charge in [-0.1, -0.05) is 41.5 Å². The van der Waals surface area contributed by atoms with Crippen LogP contribution in [0.4, 0.5) is 4.79 Å². The molecular formula is C29H51N3NaO13PSSi2. The average Bonchev–Trinajstić information content (AvgIpc) is 3.37. The fraction of sp³-hybridized carbons (Fsp3) is 0.759. The summed E-state index contributed by atoms with van der Waals surface area (Å²) < 4.78 is 74.7. The van der Waals surface area contributed by atoms with E-state index in [1.165, 1.54) is 13.1 Å². The summed E-state index contributed by atoms with van der Waals surface area (Å²) >= 11 is 0. The number of rotatable bonds is 12. The number of nitrogens with zero attached hydrogens (tertiary/aromatic N) is 2. The van der Waals surface area contributed by atoms with Crippen LogP contribution in [0.2, 0.25) is 36.3 Å². The van der Waals surface area contributed by atoms with Crippen LogP contribution in [0, 0.1) is 6.92 Å². The van der Waals surface area contributed by atoms with E-state index < -0.39 is 87.0 Å². The topological polar surface area (TPSA) is 217 Å². The molecule has 2 aliphatic rings. The van der Waals surface area contributed by atoms with E-state index in [-0.39, 0.29) is 65.4 Å². The Morgan fingerprint density at radius 3 is 2.14 bits per heavy atom. The molecule has 3 rings (SSSR count). The van der Waals surface area contributed by atoms with E-state index in [0.717, 1.165) is 21.7 Å². The van der Waals surface area contributed by atoms with Gasteiger partial charge in [0.25, 0.3) is 15.7 Å². The number of carbonyl (C=O) groups is 1. The first kappa shape index (κ1) is 45.2. The number of aromatic nitrogens is 2. The molecule has 0 aliphatic carbocycles. The summed E-state index contributed by atoms with van der Waals surface area (Å²) in [5.74, 6) is 0. The van der Waals surface area contributed by atoms with Gasteiger partial charge >= 0.3 is 41.0 Å². The van der Waals surface area contributed by atoms with Crippen LogP contribution in [-0.2, 0) is 48.3 Å². The van der Waals surface area contributed by atoms with Crippen LogP contribution < -0.4 is 51.4 Å². The molecule has 0 bridgehead atoms. The second-order valence-electron chi connectivity index (χ2n) is 15.4. The smallest absolute Gasteiger partial charge is 0.770 e. The second-order valence-corrected chi connectivity index (χ2v) is 28.0. The zero-order valence-electron chi connectivity index (χ0n) is 31.3. The molecule has 0 radical (unpaired) electrons. The largest absolute Gasteiger partial charge is 1.00 e. The third-order valence-corrected chi connectivity index (χ3v) is 21.1. The summed E-state index contributed by atoms with van der Waals surface area (Å²) in [6.07, 6.45) is -2.67. The van der Waals surface area contributed by atoms with Gasteiger partial charge in [0.2, 0.25) is 7.60 Å². The SMILES string of the molecule is COC(=O)P(=O)([O-])OCCCn1c(=O)c(C)cn([C@@H]2O[C@H](CO[Si](C)(C)C(C)(C)C)[C@@]3(OS(=O)(=O)C=C3N)[C@H]2O[Si](C)(C)C(C)(C)C)c1=O.[Na+]. The van der Waals surface area contributed by atoms with Gasteiger partial charge in [-0.3, -0.25) is 18.5 Å². The minimum atomic E-state index is -4.98. The number of aryl methyl sites for hydroxylation is 1. The Labute approximate surface area is 318 Å². The first-order valence-corrected chi connectivity index (χ1v) is 24.6. The molecule has 280 valence electrons. The van der Waals surface area contributed by atoms with Crippen molar-refractivity contribution in [3.8, 4) is 0 Å². The van der Waals surface area contributed by atoms with E-state index in [0.29, 0.717) is 0 Å². The molecule has 16 nitrogen and oxygen atoms in total. The zero-order valence-corrected chi connectivity index (χ0v) is 37.1. The van der Waals surface area contributed by atoms with Crippen molar-refractivity contribution in [2.45, 2.75) is 122 Å². The van der Waals surface area contributed by atoms with Crippen molar-refractivity contribution in [1.82, 2.24) is 9.13 Å². The summed E-state index contributed by atoms with van der Waals surface area (Å²) in [6, 6.07) is 0. The summed E-state index contributed by atoms with van der Waals surface area (Å²) in [5.41, 5.74) is 1.48. The van der Waals surface area contributed by atoms with Crippen LogP contribution in [0.25, 0.3) is 0 Å². The van der Waals surface area contributed by atoms with E-state index >= 15 is 0 Å². The van der Waals surface area contributed by atoms with Crippen molar-refractivity contribution in [2.75, 3.05) is 20.3 Å². The van der Waals surface area contributed by atoms with E-state index in [9.17, 15) is 32.3 Å². The molecular weight excluding hydrogens is 741 g/mol. The Morgan fingerprint density at radius 2 is 1.66 bits per heavy atom.